The van der Waals surface area contributed by atoms with E-state index in [0.29, 0.717) is 18.7 Å². The van der Waals surface area contributed by atoms with Gasteiger partial charge in [0.1, 0.15) is 0 Å². The van der Waals surface area contributed by atoms with Gasteiger partial charge in [-0.1, -0.05) is 24.3 Å². The Balaban J connectivity index is 0.00000450. The summed E-state index contributed by atoms with van der Waals surface area (Å²) in [7, 11) is 1.76. The third-order valence-electron chi connectivity index (χ3n) is 4.63. The summed E-state index contributed by atoms with van der Waals surface area (Å²) in [6, 6.07) is 16.2. The maximum Gasteiger partial charge on any atom is 0.251 e. The van der Waals surface area contributed by atoms with Gasteiger partial charge in [0.25, 0.3) is 5.91 Å². The number of guanidine groups is 1. The first kappa shape index (κ1) is 25.7. The number of aryl methyl sites for hydroxylation is 1. The molecule has 2 rings (SSSR count). The molecule has 1 amide bonds. The van der Waals surface area contributed by atoms with Crippen molar-refractivity contribution in [2.45, 2.75) is 27.3 Å². The van der Waals surface area contributed by atoms with Gasteiger partial charge < -0.3 is 20.9 Å². The molecule has 2 aromatic carbocycles. The highest BCUT2D eigenvalue weighted by Crippen LogP contribution is 2.15. The average Bonchev–Trinajstić information content (AvgIpc) is 2.73. The Labute approximate surface area is 197 Å². The Bertz CT molecular complexity index is 825. The molecular formula is C23H34IN5O. The van der Waals surface area contributed by atoms with Crippen LogP contribution in [0.2, 0.25) is 0 Å². The summed E-state index contributed by atoms with van der Waals surface area (Å²) in [4.78, 5) is 18.6. The summed E-state index contributed by atoms with van der Waals surface area (Å²) in [5, 5.41) is 9.50. The van der Waals surface area contributed by atoms with Crippen molar-refractivity contribution in [1.82, 2.24) is 16.0 Å². The van der Waals surface area contributed by atoms with E-state index in [1.807, 2.05) is 31.2 Å². The van der Waals surface area contributed by atoms with Gasteiger partial charge in [0.15, 0.2) is 5.96 Å². The van der Waals surface area contributed by atoms with Gasteiger partial charge in [-0.25, -0.2) is 0 Å². The molecule has 0 heterocycles. The van der Waals surface area contributed by atoms with Gasteiger partial charge in [-0.3, -0.25) is 9.79 Å². The number of anilines is 1. The minimum Gasteiger partial charge on any atom is -0.370 e. The molecular weight excluding hydrogens is 489 g/mol. The molecule has 0 aromatic heterocycles. The zero-order valence-corrected chi connectivity index (χ0v) is 20.7. The van der Waals surface area contributed by atoms with Gasteiger partial charge in [0, 0.05) is 51.0 Å². The number of halogens is 1. The lowest BCUT2D eigenvalue weighted by Crippen LogP contribution is -2.41. The molecule has 0 bridgehead atoms. The Morgan fingerprint density at radius 1 is 1.03 bits per heavy atom. The van der Waals surface area contributed by atoms with E-state index in [0.717, 1.165) is 31.2 Å². The highest BCUT2D eigenvalue weighted by Gasteiger charge is 2.07. The van der Waals surface area contributed by atoms with Gasteiger partial charge in [-0.15, -0.1) is 24.0 Å². The zero-order chi connectivity index (χ0) is 21.1. The predicted octanol–water partition coefficient (Wildman–Crippen LogP) is 3.55. The largest absolute Gasteiger partial charge is 0.370 e. The number of nitrogens with one attached hydrogen (secondary N) is 3. The first-order valence-corrected chi connectivity index (χ1v) is 10.2. The van der Waals surface area contributed by atoms with Crippen LogP contribution in [-0.4, -0.2) is 45.1 Å². The molecule has 3 N–H and O–H groups in total. The number of hydrogen-bond acceptors (Lipinski definition) is 3. The van der Waals surface area contributed by atoms with Crippen molar-refractivity contribution in [2.75, 3.05) is 38.1 Å². The molecule has 0 fully saturated rings. The Morgan fingerprint density at radius 2 is 1.80 bits per heavy atom. The van der Waals surface area contributed by atoms with Crippen molar-refractivity contribution in [3.63, 3.8) is 0 Å². The van der Waals surface area contributed by atoms with E-state index < -0.39 is 0 Å². The number of benzene rings is 2. The van der Waals surface area contributed by atoms with Crippen LogP contribution in [-0.2, 0) is 6.54 Å². The molecule has 0 spiro atoms. The van der Waals surface area contributed by atoms with Crippen LogP contribution in [0.3, 0.4) is 0 Å². The molecule has 2 aromatic rings. The van der Waals surface area contributed by atoms with Gasteiger partial charge >= 0.3 is 0 Å². The number of hydrogen-bond donors (Lipinski definition) is 3. The Morgan fingerprint density at radius 3 is 2.47 bits per heavy atom. The van der Waals surface area contributed by atoms with E-state index in [1.165, 1.54) is 11.3 Å². The van der Waals surface area contributed by atoms with E-state index >= 15 is 0 Å². The van der Waals surface area contributed by atoms with Crippen LogP contribution in [0.1, 0.15) is 35.3 Å². The topological polar surface area (TPSA) is 68.8 Å². The Kier molecular flexibility index (Phi) is 11.9. The molecule has 30 heavy (non-hydrogen) atoms. The number of likely N-dealkylation sites (N-methyl/N-ethyl adjacent to an activating group) is 1. The Hall–Kier alpha value is -2.29. The summed E-state index contributed by atoms with van der Waals surface area (Å²) in [5.41, 5.74) is 4.21. The van der Waals surface area contributed by atoms with Gasteiger partial charge in [0.05, 0.1) is 0 Å². The van der Waals surface area contributed by atoms with Crippen molar-refractivity contribution in [1.29, 1.82) is 0 Å². The fraction of sp³-hybridized carbons (Fsp3) is 0.391. The number of carbonyl (C=O) groups excluding carboxylic acids is 1. The molecule has 0 unspecified atom stereocenters. The van der Waals surface area contributed by atoms with Crippen LogP contribution in [0.15, 0.2) is 53.5 Å². The molecule has 0 aliphatic heterocycles. The highest BCUT2D eigenvalue weighted by molar-refractivity contribution is 14.0. The van der Waals surface area contributed by atoms with Crippen LogP contribution >= 0.6 is 24.0 Å². The lowest BCUT2D eigenvalue weighted by atomic mass is 10.1. The third-order valence-corrected chi connectivity index (χ3v) is 4.63. The fourth-order valence-corrected chi connectivity index (χ4v) is 3.10. The molecule has 164 valence electrons. The van der Waals surface area contributed by atoms with Crippen LogP contribution in [0.25, 0.3) is 0 Å². The third kappa shape index (κ3) is 8.22. The number of amides is 1. The molecule has 0 radical (unpaired) electrons. The molecule has 6 nitrogen and oxygen atoms in total. The zero-order valence-electron chi connectivity index (χ0n) is 18.4. The van der Waals surface area contributed by atoms with E-state index in [1.54, 1.807) is 7.05 Å². The van der Waals surface area contributed by atoms with Crippen LogP contribution < -0.4 is 20.9 Å². The first-order valence-electron chi connectivity index (χ1n) is 10.2. The van der Waals surface area contributed by atoms with Crippen molar-refractivity contribution in [3.05, 3.63) is 65.2 Å². The van der Waals surface area contributed by atoms with E-state index in [4.69, 9.17) is 0 Å². The maximum atomic E-state index is 12.0. The van der Waals surface area contributed by atoms with Gasteiger partial charge in [-0.2, -0.15) is 0 Å². The van der Waals surface area contributed by atoms with Crippen LogP contribution in [0.5, 0.6) is 0 Å². The number of nitrogens with zero attached hydrogens (tertiary/aromatic N) is 2. The molecule has 0 aliphatic carbocycles. The summed E-state index contributed by atoms with van der Waals surface area (Å²) in [6.07, 6.45) is 0. The van der Waals surface area contributed by atoms with Crippen molar-refractivity contribution < 1.29 is 4.79 Å². The second kappa shape index (κ2) is 13.8. The molecule has 0 saturated carbocycles. The standard InChI is InChI=1S/C23H33N5O.HI/c1-5-25-22(29)20-11-8-10-19(16-20)17-27-23(24-4)26-13-14-28(6-2)21-12-7-9-18(3)15-21;/h7-12,15-16H,5-6,13-14,17H2,1-4H3,(H,25,29)(H2,24,26,27);1H. The lowest BCUT2D eigenvalue weighted by molar-refractivity contribution is 0.0955. The van der Waals surface area contributed by atoms with Crippen molar-refractivity contribution in [2.24, 2.45) is 4.99 Å². The quantitative estimate of drug-likeness (QED) is 0.267. The number of carbonyl (C=O) groups is 1. The minimum absolute atomic E-state index is 0. The molecule has 7 heteroatoms. The second-order valence-corrected chi connectivity index (χ2v) is 6.83. The van der Waals surface area contributed by atoms with Gasteiger partial charge in [0.2, 0.25) is 0 Å². The normalized spacial score (nSPS) is 10.7. The summed E-state index contributed by atoms with van der Waals surface area (Å²) >= 11 is 0. The van der Waals surface area contributed by atoms with E-state index in [9.17, 15) is 4.79 Å². The second-order valence-electron chi connectivity index (χ2n) is 6.83. The summed E-state index contributed by atoms with van der Waals surface area (Å²) in [6.45, 7) is 10.0. The number of aliphatic imine (C=N–C) groups is 1. The maximum absolute atomic E-state index is 12.0. The first-order chi connectivity index (χ1) is 14.1. The highest BCUT2D eigenvalue weighted by atomic mass is 127. The van der Waals surface area contributed by atoms with Crippen molar-refractivity contribution >= 4 is 41.5 Å². The summed E-state index contributed by atoms with van der Waals surface area (Å²) < 4.78 is 0. The summed E-state index contributed by atoms with van der Waals surface area (Å²) in [5.74, 6) is 0.696. The number of rotatable bonds is 9. The average molecular weight is 523 g/mol. The van der Waals surface area contributed by atoms with E-state index in [-0.39, 0.29) is 29.9 Å². The minimum atomic E-state index is -0.0485. The van der Waals surface area contributed by atoms with Crippen LogP contribution in [0.4, 0.5) is 5.69 Å². The van der Waals surface area contributed by atoms with Crippen molar-refractivity contribution in [3.8, 4) is 0 Å². The van der Waals surface area contributed by atoms with Gasteiger partial charge in [-0.05, 0) is 56.2 Å². The molecule has 0 aliphatic rings. The monoisotopic (exact) mass is 523 g/mol. The van der Waals surface area contributed by atoms with Crippen LogP contribution in [0, 0.1) is 6.92 Å². The SMILES string of the molecule is CCNC(=O)c1cccc(CNC(=NC)NCCN(CC)c2cccc(C)c2)c1.I. The van der Waals surface area contributed by atoms with E-state index in [2.05, 4.69) is 64.0 Å². The molecule has 0 saturated heterocycles. The molecule has 0 atom stereocenters. The predicted molar refractivity (Wildman–Crippen MR) is 137 cm³/mol. The lowest BCUT2D eigenvalue weighted by Gasteiger charge is -2.24. The smallest absolute Gasteiger partial charge is 0.251 e. The fourth-order valence-electron chi connectivity index (χ4n) is 3.10.